The summed E-state index contributed by atoms with van der Waals surface area (Å²) in [6.07, 6.45) is -3.94. The molecule has 0 saturated carbocycles. The highest BCUT2D eigenvalue weighted by Gasteiger charge is 2.33. The van der Waals surface area contributed by atoms with E-state index in [1.807, 2.05) is 0 Å². The lowest BCUT2D eigenvalue weighted by Gasteiger charge is -2.13. The normalized spacial score (nSPS) is 11.5. The van der Waals surface area contributed by atoms with Gasteiger partial charge in [0.15, 0.2) is 0 Å². The van der Waals surface area contributed by atoms with Crippen molar-refractivity contribution in [3.8, 4) is 5.75 Å². The molecule has 0 saturated heterocycles. The summed E-state index contributed by atoms with van der Waals surface area (Å²) in [6.45, 7) is 3.80. The fourth-order valence-corrected chi connectivity index (χ4v) is 1.38. The minimum Gasteiger partial charge on any atom is -0.494 e. The quantitative estimate of drug-likeness (QED) is 0.752. The van der Waals surface area contributed by atoms with E-state index in [2.05, 4.69) is 0 Å². The van der Waals surface area contributed by atoms with Gasteiger partial charge in [0.2, 0.25) is 0 Å². The third kappa shape index (κ3) is 2.88. The molecule has 84 valence electrons. The number of halogens is 3. The molecule has 0 bridgehead atoms. The van der Waals surface area contributed by atoms with Crippen molar-refractivity contribution in [2.45, 2.75) is 26.4 Å². The van der Waals surface area contributed by atoms with E-state index in [1.165, 1.54) is 6.07 Å². The molecule has 0 heterocycles. The zero-order chi connectivity index (χ0) is 11.5. The zero-order valence-corrected chi connectivity index (χ0v) is 8.69. The third-order valence-electron chi connectivity index (χ3n) is 2.08. The molecule has 0 atom stereocenters. The van der Waals surface area contributed by atoms with Crippen molar-refractivity contribution in [2.24, 2.45) is 0 Å². The van der Waals surface area contributed by atoms with Crippen LogP contribution in [-0.4, -0.2) is 6.61 Å². The fraction of sp³-hybridized carbons (Fsp3) is 0.455. The Hall–Kier alpha value is -1.19. The first-order chi connectivity index (χ1) is 6.99. The van der Waals surface area contributed by atoms with Crippen LogP contribution in [0.1, 0.15) is 25.0 Å². The molecule has 0 fully saturated rings. The SMILES string of the molecule is CCOc1ccc(CC)c(C(F)(F)F)c1. The van der Waals surface area contributed by atoms with E-state index in [1.54, 1.807) is 19.9 Å². The van der Waals surface area contributed by atoms with Gasteiger partial charge in [-0.3, -0.25) is 0 Å². The van der Waals surface area contributed by atoms with E-state index >= 15 is 0 Å². The molecular formula is C11H13F3O. The average Bonchev–Trinajstić information content (AvgIpc) is 2.17. The van der Waals surface area contributed by atoms with Gasteiger partial charge in [-0.15, -0.1) is 0 Å². The molecule has 1 nitrogen and oxygen atoms in total. The lowest BCUT2D eigenvalue weighted by molar-refractivity contribution is -0.138. The number of ether oxygens (including phenoxy) is 1. The van der Waals surface area contributed by atoms with Gasteiger partial charge in [-0.05, 0) is 31.0 Å². The molecule has 0 aliphatic carbocycles. The monoisotopic (exact) mass is 218 g/mol. The summed E-state index contributed by atoms with van der Waals surface area (Å²) in [6, 6.07) is 4.09. The molecule has 4 heteroatoms. The molecule has 0 aromatic heterocycles. The van der Waals surface area contributed by atoms with Gasteiger partial charge in [0.25, 0.3) is 0 Å². The van der Waals surface area contributed by atoms with Crippen LogP contribution in [0, 0.1) is 0 Å². The van der Waals surface area contributed by atoms with Crippen LogP contribution in [0.15, 0.2) is 18.2 Å². The zero-order valence-electron chi connectivity index (χ0n) is 8.69. The molecule has 0 aliphatic heterocycles. The lowest BCUT2D eigenvalue weighted by atomic mass is 10.0. The van der Waals surface area contributed by atoms with Gasteiger partial charge in [-0.2, -0.15) is 13.2 Å². The molecule has 0 aliphatic rings. The molecule has 0 amide bonds. The summed E-state index contributed by atoms with van der Waals surface area (Å²) in [5, 5.41) is 0. The second-order valence-corrected chi connectivity index (χ2v) is 3.10. The Morgan fingerprint density at radius 3 is 2.33 bits per heavy atom. The van der Waals surface area contributed by atoms with Crippen molar-refractivity contribution < 1.29 is 17.9 Å². The predicted octanol–water partition coefficient (Wildman–Crippen LogP) is 3.67. The van der Waals surface area contributed by atoms with Crippen LogP contribution in [0.5, 0.6) is 5.75 Å². The smallest absolute Gasteiger partial charge is 0.416 e. The van der Waals surface area contributed by atoms with E-state index in [4.69, 9.17) is 4.74 Å². The van der Waals surface area contributed by atoms with Gasteiger partial charge in [0, 0.05) is 0 Å². The Kier molecular flexibility index (Phi) is 3.61. The summed E-state index contributed by atoms with van der Waals surface area (Å²) < 4.78 is 42.8. The number of aryl methyl sites for hydroxylation is 1. The number of benzene rings is 1. The van der Waals surface area contributed by atoms with Crippen molar-refractivity contribution in [2.75, 3.05) is 6.61 Å². The molecule has 1 rings (SSSR count). The number of alkyl halides is 3. The Balaban J connectivity index is 3.13. The van der Waals surface area contributed by atoms with Crippen LogP contribution in [0.3, 0.4) is 0 Å². The van der Waals surface area contributed by atoms with Crippen LogP contribution in [-0.2, 0) is 12.6 Å². The third-order valence-corrected chi connectivity index (χ3v) is 2.08. The number of hydrogen-bond donors (Lipinski definition) is 0. The van der Waals surface area contributed by atoms with E-state index in [0.29, 0.717) is 18.6 Å². The van der Waals surface area contributed by atoms with E-state index in [9.17, 15) is 13.2 Å². The summed E-state index contributed by atoms with van der Waals surface area (Å²) >= 11 is 0. The molecule has 0 unspecified atom stereocenters. The first-order valence-electron chi connectivity index (χ1n) is 4.82. The van der Waals surface area contributed by atoms with Gasteiger partial charge in [-0.25, -0.2) is 0 Å². The fourth-order valence-electron chi connectivity index (χ4n) is 1.38. The predicted molar refractivity (Wildman–Crippen MR) is 52.0 cm³/mol. The summed E-state index contributed by atoms with van der Waals surface area (Å²) in [5.41, 5.74) is -0.304. The van der Waals surface area contributed by atoms with Crippen molar-refractivity contribution in [3.63, 3.8) is 0 Å². The standard InChI is InChI=1S/C11H13F3O/c1-3-8-5-6-9(15-4-2)7-10(8)11(12,13)14/h5-7H,3-4H2,1-2H3. The van der Waals surface area contributed by atoms with Crippen LogP contribution >= 0.6 is 0 Å². The van der Waals surface area contributed by atoms with Crippen molar-refractivity contribution >= 4 is 0 Å². The highest BCUT2D eigenvalue weighted by atomic mass is 19.4. The largest absolute Gasteiger partial charge is 0.494 e. The van der Waals surface area contributed by atoms with Crippen LogP contribution in [0.2, 0.25) is 0 Å². The maximum absolute atomic E-state index is 12.6. The Bertz CT molecular complexity index is 331. The second-order valence-electron chi connectivity index (χ2n) is 3.10. The molecule has 0 spiro atoms. The molecule has 0 radical (unpaired) electrons. The van der Waals surface area contributed by atoms with Gasteiger partial charge >= 0.3 is 6.18 Å². The van der Waals surface area contributed by atoms with Crippen LogP contribution in [0.25, 0.3) is 0 Å². The molecule has 0 N–H and O–H groups in total. The van der Waals surface area contributed by atoms with Crippen molar-refractivity contribution in [1.29, 1.82) is 0 Å². The van der Waals surface area contributed by atoms with E-state index in [0.717, 1.165) is 6.07 Å². The molecule has 1 aromatic carbocycles. The van der Waals surface area contributed by atoms with E-state index in [-0.39, 0.29) is 5.75 Å². The van der Waals surface area contributed by atoms with Gasteiger partial charge in [0.05, 0.1) is 12.2 Å². The maximum Gasteiger partial charge on any atom is 0.416 e. The Morgan fingerprint density at radius 1 is 1.20 bits per heavy atom. The second kappa shape index (κ2) is 4.55. The first-order valence-corrected chi connectivity index (χ1v) is 4.82. The molecule has 15 heavy (non-hydrogen) atoms. The highest BCUT2D eigenvalue weighted by molar-refractivity contribution is 5.37. The summed E-state index contributed by atoms with van der Waals surface area (Å²) in [5.74, 6) is 0.266. The Labute approximate surface area is 86.9 Å². The van der Waals surface area contributed by atoms with Gasteiger partial charge in [-0.1, -0.05) is 13.0 Å². The van der Waals surface area contributed by atoms with E-state index < -0.39 is 11.7 Å². The van der Waals surface area contributed by atoms with Crippen LogP contribution in [0.4, 0.5) is 13.2 Å². The lowest BCUT2D eigenvalue weighted by Crippen LogP contribution is -2.09. The molecule has 1 aromatic rings. The Morgan fingerprint density at radius 2 is 1.87 bits per heavy atom. The summed E-state index contributed by atoms with van der Waals surface area (Å²) in [4.78, 5) is 0. The maximum atomic E-state index is 12.6. The minimum absolute atomic E-state index is 0.266. The minimum atomic E-state index is -4.31. The summed E-state index contributed by atoms with van der Waals surface area (Å²) in [7, 11) is 0. The highest BCUT2D eigenvalue weighted by Crippen LogP contribution is 2.34. The van der Waals surface area contributed by atoms with Gasteiger partial charge in [0.1, 0.15) is 5.75 Å². The number of rotatable bonds is 3. The van der Waals surface area contributed by atoms with Crippen molar-refractivity contribution in [1.82, 2.24) is 0 Å². The molecular weight excluding hydrogens is 205 g/mol. The van der Waals surface area contributed by atoms with Crippen molar-refractivity contribution in [3.05, 3.63) is 29.3 Å². The van der Waals surface area contributed by atoms with Gasteiger partial charge < -0.3 is 4.74 Å². The van der Waals surface area contributed by atoms with Crippen LogP contribution < -0.4 is 4.74 Å². The first kappa shape index (κ1) is 11.9. The number of hydrogen-bond acceptors (Lipinski definition) is 1. The average molecular weight is 218 g/mol. The topological polar surface area (TPSA) is 9.23 Å².